The molecule has 14 heavy (non-hydrogen) atoms. The Morgan fingerprint density at radius 3 is 2.50 bits per heavy atom. The van der Waals surface area contributed by atoms with Crippen molar-refractivity contribution in [2.75, 3.05) is 7.11 Å². The Balaban J connectivity index is 3.25. The van der Waals surface area contributed by atoms with Crippen molar-refractivity contribution in [3.63, 3.8) is 0 Å². The Morgan fingerprint density at radius 2 is 2.14 bits per heavy atom. The summed E-state index contributed by atoms with van der Waals surface area (Å²) in [4.78, 5) is 11.0. The number of carbonyl (C=O) groups excluding carboxylic acids is 1. The third-order valence-corrected chi connectivity index (χ3v) is 2.22. The first-order valence-electron chi connectivity index (χ1n) is 3.49. The van der Waals surface area contributed by atoms with E-state index in [1.54, 1.807) is 0 Å². The number of furan rings is 1. The second kappa shape index (κ2) is 3.41. The largest absolute Gasteiger partial charge is 0.465 e. The summed E-state index contributed by atoms with van der Waals surface area (Å²) in [5.74, 6) is -0.783. The fraction of sp³-hybridized carbons (Fsp3) is 0.286. The van der Waals surface area contributed by atoms with Gasteiger partial charge in [-0.2, -0.15) is 8.42 Å². The molecule has 0 bridgehead atoms. The Bertz CT molecular complexity index is 458. The normalized spacial score (nSPS) is 11.4. The van der Waals surface area contributed by atoms with Gasteiger partial charge in [0.05, 0.1) is 7.11 Å². The minimum atomic E-state index is -4.92. The second-order valence-corrected chi connectivity index (χ2v) is 3.74. The molecule has 0 aliphatic heterocycles. The van der Waals surface area contributed by atoms with E-state index in [4.69, 9.17) is 0 Å². The lowest BCUT2D eigenvalue weighted by atomic mass is 10.3. The van der Waals surface area contributed by atoms with Gasteiger partial charge in [-0.05, 0) is 6.92 Å². The van der Waals surface area contributed by atoms with E-state index in [0.29, 0.717) is 0 Å². The maximum Gasteiger partial charge on any atom is 0.365 e. The molecule has 0 spiro atoms. The van der Waals surface area contributed by atoms with Crippen molar-refractivity contribution in [2.24, 2.45) is 0 Å². The summed E-state index contributed by atoms with van der Waals surface area (Å²) >= 11 is 0. The van der Waals surface area contributed by atoms with Crippen LogP contribution in [0.1, 0.15) is 16.1 Å². The van der Waals surface area contributed by atoms with Crippen molar-refractivity contribution >= 4 is 16.2 Å². The average molecular weight is 222 g/mol. The highest BCUT2D eigenvalue weighted by molar-refractivity contribution is 7.86. The molecule has 78 valence electrons. The van der Waals surface area contributed by atoms with Crippen LogP contribution in [0.2, 0.25) is 0 Å². The van der Waals surface area contributed by atoms with Crippen molar-refractivity contribution in [1.29, 1.82) is 0 Å². The van der Waals surface area contributed by atoms with Crippen LogP contribution in [0, 0.1) is 6.92 Å². The predicted molar refractivity (Wildman–Crippen MR) is 43.1 cm³/mol. The van der Waals surface area contributed by atoms with Gasteiger partial charge in [-0.1, -0.05) is 3.89 Å². The number of aryl methyl sites for hydroxylation is 1. The number of ether oxygens (including phenoxy) is 1. The standard InChI is InChI=1S/C7H7FO5S/c1-4-5(7(9)12-2)3-6(13-4)14(8,10)11/h3H,1-2H3. The summed E-state index contributed by atoms with van der Waals surface area (Å²) in [5.41, 5.74) is -0.108. The van der Waals surface area contributed by atoms with Crippen LogP contribution in [0.3, 0.4) is 0 Å². The molecule has 0 unspecified atom stereocenters. The fourth-order valence-electron chi connectivity index (χ4n) is 0.888. The average Bonchev–Trinajstić information content (AvgIpc) is 2.45. The molecule has 0 aromatic carbocycles. The van der Waals surface area contributed by atoms with Gasteiger partial charge < -0.3 is 9.15 Å². The number of hydrogen-bond acceptors (Lipinski definition) is 5. The number of hydrogen-bond donors (Lipinski definition) is 0. The molecule has 1 aromatic heterocycles. The molecular weight excluding hydrogens is 215 g/mol. The first-order chi connectivity index (χ1) is 6.36. The van der Waals surface area contributed by atoms with Crippen LogP contribution in [-0.2, 0) is 15.0 Å². The lowest BCUT2D eigenvalue weighted by Gasteiger charge is -1.93. The lowest BCUT2D eigenvalue weighted by molar-refractivity contribution is 0.0599. The molecule has 0 fully saturated rings. The predicted octanol–water partition coefficient (Wildman–Crippen LogP) is 1.03. The zero-order valence-electron chi connectivity index (χ0n) is 7.40. The first kappa shape index (κ1) is 10.7. The van der Waals surface area contributed by atoms with Gasteiger partial charge in [-0.15, -0.1) is 0 Å². The zero-order valence-corrected chi connectivity index (χ0v) is 8.22. The summed E-state index contributed by atoms with van der Waals surface area (Å²) in [6.07, 6.45) is 0. The van der Waals surface area contributed by atoms with Gasteiger partial charge in [0.25, 0.3) is 5.09 Å². The van der Waals surface area contributed by atoms with Gasteiger partial charge in [-0.25, -0.2) is 4.79 Å². The number of halogens is 1. The van der Waals surface area contributed by atoms with Crippen molar-refractivity contribution in [3.8, 4) is 0 Å². The van der Waals surface area contributed by atoms with Gasteiger partial charge in [0.15, 0.2) is 0 Å². The first-order valence-corrected chi connectivity index (χ1v) is 4.88. The number of methoxy groups -OCH3 is 1. The molecule has 0 radical (unpaired) electrons. The summed E-state index contributed by atoms with van der Waals surface area (Å²) in [7, 11) is -3.80. The number of esters is 1. The van der Waals surface area contributed by atoms with Gasteiger partial charge >= 0.3 is 16.2 Å². The quantitative estimate of drug-likeness (QED) is 0.552. The maximum atomic E-state index is 12.4. The summed E-state index contributed by atoms with van der Waals surface area (Å²) in [6, 6.07) is 0.788. The third-order valence-electron chi connectivity index (χ3n) is 1.54. The minimum Gasteiger partial charge on any atom is -0.465 e. The van der Waals surface area contributed by atoms with Gasteiger partial charge in [0, 0.05) is 6.07 Å². The molecule has 1 aromatic rings. The third kappa shape index (κ3) is 1.92. The van der Waals surface area contributed by atoms with Gasteiger partial charge in [-0.3, -0.25) is 0 Å². The van der Waals surface area contributed by atoms with E-state index in [-0.39, 0.29) is 11.3 Å². The highest BCUT2D eigenvalue weighted by Crippen LogP contribution is 2.21. The van der Waals surface area contributed by atoms with E-state index >= 15 is 0 Å². The molecule has 0 amide bonds. The van der Waals surface area contributed by atoms with Crippen LogP contribution >= 0.6 is 0 Å². The summed E-state index contributed by atoms with van der Waals surface area (Å²) in [6.45, 7) is 1.33. The van der Waals surface area contributed by atoms with Crippen LogP contribution in [0.25, 0.3) is 0 Å². The molecule has 0 saturated carbocycles. The second-order valence-electron chi connectivity index (χ2n) is 2.46. The zero-order chi connectivity index (χ0) is 10.9. The van der Waals surface area contributed by atoms with Crippen LogP contribution < -0.4 is 0 Å². The van der Waals surface area contributed by atoms with Crippen LogP contribution in [-0.4, -0.2) is 21.5 Å². The Labute approximate surface area is 79.7 Å². The van der Waals surface area contributed by atoms with Crippen molar-refractivity contribution in [1.82, 2.24) is 0 Å². The molecule has 1 rings (SSSR count). The van der Waals surface area contributed by atoms with E-state index in [0.717, 1.165) is 13.2 Å². The van der Waals surface area contributed by atoms with Crippen LogP contribution in [0.4, 0.5) is 3.89 Å². The highest BCUT2D eigenvalue weighted by Gasteiger charge is 2.23. The molecule has 5 nitrogen and oxygen atoms in total. The van der Waals surface area contributed by atoms with Crippen molar-refractivity contribution in [2.45, 2.75) is 12.0 Å². The summed E-state index contributed by atoms with van der Waals surface area (Å²) < 4.78 is 42.1. The SMILES string of the molecule is COC(=O)c1cc(S(=O)(=O)F)oc1C. The van der Waals surface area contributed by atoms with Gasteiger partial charge in [0.2, 0.25) is 0 Å². The molecule has 1 heterocycles. The van der Waals surface area contributed by atoms with Crippen LogP contribution in [0.15, 0.2) is 15.6 Å². The van der Waals surface area contributed by atoms with E-state index in [2.05, 4.69) is 9.15 Å². The van der Waals surface area contributed by atoms with Crippen LogP contribution in [0.5, 0.6) is 0 Å². The van der Waals surface area contributed by atoms with Crippen molar-refractivity contribution in [3.05, 3.63) is 17.4 Å². The fourth-order valence-corrected chi connectivity index (χ4v) is 1.37. The number of carbonyl (C=O) groups is 1. The van der Waals surface area contributed by atoms with Crippen molar-refractivity contribution < 1.29 is 26.3 Å². The maximum absolute atomic E-state index is 12.4. The Kier molecular flexibility index (Phi) is 2.61. The van der Waals surface area contributed by atoms with E-state index in [1.165, 1.54) is 6.92 Å². The molecular formula is C7H7FO5S. The molecule has 0 aliphatic carbocycles. The summed E-state index contributed by atoms with van der Waals surface area (Å²) in [5, 5.41) is -0.893. The molecule has 0 atom stereocenters. The number of rotatable bonds is 2. The monoisotopic (exact) mass is 222 g/mol. The Morgan fingerprint density at radius 1 is 1.57 bits per heavy atom. The van der Waals surface area contributed by atoms with E-state index in [9.17, 15) is 17.1 Å². The molecule has 0 aliphatic rings. The Hall–Kier alpha value is -1.37. The smallest absolute Gasteiger partial charge is 0.365 e. The van der Waals surface area contributed by atoms with E-state index in [1.807, 2.05) is 0 Å². The topological polar surface area (TPSA) is 73.6 Å². The van der Waals surface area contributed by atoms with E-state index < -0.39 is 21.3 Å². The minimum absolute atomic E-state index is 0.00641. The molecule has 7 heteroatoms. The highest BCUT2D eigenvalue weighted by atomic mass is 32.3. The molecule has 0 saturated heterocycles. The van der Waals surface area contributed by atoms with Gasteiger partial charge in [0.1, 0.15) is 11.3 Å². The molecule has 0 N–H and O–H groups in total. The lowest BCUT2D eigenvalue weighted by Crippen LogP contribution is -2.00.